The number of hydrazone groups is 1. The van der Waals surface area contributed by atoms with Crippen LogP contribution in [0.4, 0.5) is 0 Å². The topological polar surface area (TPSA) is 83.7 Å². The Hall–Kier alpha value is -3.67. The lowest BCUT2D eigenvalue weighted by atomic mass is 10.1. The van der Waals surface area contributed by atoms with Crippen molar-refractivity contribution < 1.29 is 14.7 Å². The quantitative estimate of drug-likeness (QED) is 0.538. The highest BCUT2D eigenvalue weighted by Gasteiger charge is 2.17. The molecular formula is C21H19N3O3. The monoisotopic (exact) mass is 361 g/mol. The largest absolute Gasteiger partial charge is 0.478 e. The first kappa shape index (κ1) is 18.1. The Bertz CT molecular complexity index is 1000. The number of aryl methyl sites for hydroxylation is 2. The summed E-state index contributed by atoms with van der Waals surface area (Å²) < 4.78 is 1.81. The van der Waals surface area contributed by atoms with Crippen LogP contribution in [0.3, 0.4) is 0 Å². The zero-order valence-corrected chi connectivity index (χ0v) is 15.0. The van der Waals surface area contributed by atoms with Gasteiger partial charge in [-0.25, -0.2) is 10.2 Å². The Morgan fingerprint density at radius 2 is 1.67 bits per heavy atom. The molecule has 0 unspecified atom stereocenters. The summed E-state index contributed by atoms with van der Waals surface area (Å²) in [5.74, 6) is -1.46. The third kappa shape index (κ3) is 3.95. The molecule has 0 aliphatic carbocycles. The number of benzene rings is 2. The van der Waals surface area contributed by atoms with Crippen molar-refractivity contribution in [3.05, 3.63) is 88.7 Å². The summed E-state index contributed by atoms with van der Waals surface area (Å²) in [6, 6.07) is 17.7. The average Bonchev–Trinajstić information content (AvgIpc) is 3.00. The van der Waals surface area contributed by atoms with E-state index in [1.54, 1.807) is 12.3 Å². The Morgan fingerprint density at radius 3 is 2.30 bits per heavy atom. The molecule has 1 amide bonds. The second-order valence-corrected chi connectivity index (χ2v) is 6.10. The molecule has 6 heteroatoms. The van der Waals surface area contributed by atoms with Gasteiger partial charge in [0.1, 0.15) is 0 Å². The highest BCUT2D eigenvalue weighted by atomic mass is 16.4. The second kappa shape index (κ2) is 7.70. The number of carboxylic acids is 1. The molecule has 2 aromatic carbocycles. The van der Waals surface area contributed by atoms with Gasteiger partial charge in [-0.3, -0.25) is 4.79 Å². The minimum absolute atomic E-state index is 0.127. The maximum absolute atomic E-state index is 12.4. The molecule has 0 aliphatic heterocycles. The van der Waals surface area contributed by atoms with E-state index in [-0.39, 0.29) is 5.56 Å². The number of carbonyl (C=O) groups excluding carboxylic acids is 1. The van der Waals surface area contributed by atoms with E-state index in [9.17, 15) is 14.7 Å². The van der Waals surface area contributed by atoms with Crippen molar-refractivity contribution in [3.63, 3.8) is 0 Å². The Kier molecular flexibility index (Phi) is 5.17. The van der Waals surface area contributed by atoms with Gasteiger partial charge in [-0.05, 0) is 49.7 Å². The van der Waals surface area contributed by atoms with Gasteiger partial charge in [0.2, 0.25) is 0 Å². The molecule has 2 N–H and O–H groups in total. The first-order valence-corrected chi connectivity index (χ1v) is 8.38. The Labute approximate surface area is 156 Å². The zero-order chi connectivity index (χ0) is 19.4. The minimum atomic E-state index is -1.05. The SMILES string of the molecule is Cc1ccc(C)n1-c1cc(C(=O)NN=Cc2ccccc2)ccc1C(=O)O. The zero-order valence-electron chi connectivity index (χ0n) is 15.0. The predicted octanol–water partition coefficient (Wildman–Crippen LogP) is 3.56. The predicted molar refractivity (Wildman–Crippen MR) is 104 cm³/mol. The van der Waals surface area contributed by atoms with Gasteiger partial charge in [0.05, 0.1) is 17.5 Å². The molecule has 6 nitrogen and oxygen atoms in total. The molecule has 0 spiro atoms. The summed E-state index contributed by atoms with van der Waals surface area (Å²) >= 11 is 0. The van der Waals surface area contributed by atoms with Gasteiger partial charge in [-0.1, -0.05) is 30.3 Å². The van der Waals surface area contributed by atoms with Gasteiger partial charge in [-0.15, -0.1) is 0 Å². The fourth-order valence-electron chi connectivity index (χ4n) is 2.86. The van der Waals surface area contributed by atoms with Gasteiger partial charge in [0, 0.05) is 17.0 Å². The normalized spacial score (nSPS) is 10.9. The lowest BCUT2D eigenvalue weighted by Gasteiger charge is -2.14. The van der Waals surface area contributed by atoms with E-state index >= 15 is 0 Å². The lowest BCUT2D eigenvalue weighted by Crippen LogP contribution is -2.19. The van der Waals surface area contributed by atoms with Crippen LogP contribution in [0.15, 0.2) is 65.8 Å². The number of amides is 1. The molecule has 0 bridgehead atoms. The number of hydrogen-bond donors (Lipinski definition) is 2. The molecule has 136 valence electrons. The van der Waals surface area contributed by atoms with Crippen LogP contribution >= 0.6 is 0 Å². The number of rotatable bonds is 5. The van der Waals surface area contributed by atoms with Gasteiger partial charge < -0.3 is 9.67 Å². The van der Waals surface area contributed by atoms with Crippen LogP contribution in [-0.2, 0) is 0 Å². The van der Waals surface area contributed by atoms with E-state index in [4.69, 9.17) is 0 Å². The van der Waals surface area contributed by atoms with Crippen molar-refractivity contribution in [1.29, 1.82) is 0 Å². The summed E-state index contributed by atoms with van der Waals surface area (Å²) in [7, 11) is 0. The van der Waals surface area contributed by atoms with E-state index in [0.29, 0.717) is 11.3 Å². The number of hydrogen-bond acceptors (Lipinski definition) is 3. The number of aromatic nitrogens is 1. The Morgan fingerprint density at radius 1 is 1.00 bits per heavy atom. The molecule has 0 fully saturated rings. The van der Waals surface area contributed by atoms with Crippen molar-refractivity contribution in [1.82, 2.24) is 9.99 Å². The third-order valence-electron chi connectivity index (χ3n) is 4.18. The summed E-state index contributed by atoms with van der Waals surface area (Å²) in [4.78, 5) is 24.0. The second-order valence-electron chi connectivity index (χ2n) is 6.10. The molecule has 3 rings (SSSR count). The number of carboxylic acid groups (broad SMARTS) is 1. The van der Waals surface area contributed by atoms with E-state index in [2.05, 4.69) is 10.5 Å². The molecule has 0 saturated heterocycles. The smallest absolute Gasteiger partial charge is 0.337 e. The van der Waals surface area contributed by atoms with Crippen molar-refractivity contribution in [2.75, 3.05) is 0 Å². The molecule has 3 aromatic rings. The molecule has 0 saturated carbocycles. The maximum atomic E-state index is 12.4. The number of nitrogens with zero attached hydrogens (tertiary/aromatic N) is 2. The minimum Gasteiger partial charge on any atom is -0.478 e. The van der Waals surface area contributed by atoms with E-state index in [1.807, 2.05) is 60.9 Å². The summed E-state index contributed by atoms with van der Waals surface area (Å²) in [5, 5.41) is 13.5. The maximum Gasteiger partial charge on any atom is 0.337 e. The van der Waals surface area contributed by atoms with Crippen LogP contribution in [0.25, 0.3) is 5.69 Å². The van der Waals surface area contributed by atoms with E-state index in [0.717, 1.165) is 17.0 Å². The fraction of sp³-hybridized carbons (Fsp3) is 0.0952. The Balaban J connectivity index is 1.90. The van der Waals surface area contributed by atoms with Gasteiger partial charge >= 0.3 is 5.97 Å². The number of nitrogens with one attached hydrogen (secondary N) is 1. The van der Waals surface area contributed by atoms with Crippen LogP contribution in [0.1, 0.15) is 37.7 Å². The molecular weight excluding hydrogens is 342 g/mol. The van der Waals surface area contributed by atoms with Crippen molar-refractivity contribution in [3.8, 4) is 5.69 Å². The highest BCUT2D eigenvalue weighted by Crippen LogP contribution is 2.22. The van der Waals surface area contributed by atoms with E-state index in [1.165, 1.54) is 12.1 Å². The van der Waals surface area contributed by atoms with Crippen LogP contribution in [0.2, 0.25) is 0 Å². The summed E-state index contributed by atoms with van der Waals surface area (Å²) in [5.41, 5.74) is 6.00. The molecule has 1 heterocycles. The fourth-order valence-corrected chi connectivity index (χ4v) is 2.86. The average molecular weight is 361 g/mol. The van der Waals surface area contributed by atoms with Crippen LogP contribution in [0, 0.1) is 13.8 Å². The van der Waals surface area contributed by atoms with Gasteiger partial charge in [0.15, 0.2) is 0 Å². The standard InChI is InChI=1S/C21H19N3O3/c1-14-8-9-15(2)24(14)19-12-17(10-11-18(19)21(26)27)20(25)23-22-13-16-6-4-3-5-7-16/h3-13H,1-2H3,(H,23,25)(H,26,27). The molecule has 0 radical (unpaired) electrons. The first-order chi connectivity index (χ1) is 13.0. The van der Waals surface area contributed by atoms with Crippen LogP contribution in [0.5, 0.6) is 0 Å². The van der Waals surface area contributed by atoms with Crippen LogP contribution in [-0.4, -0.2) is 27.8 Å². The summed E-state index contributed by atoms with van der Waals surface area (Å²) in [6.45, 7) is 3.77. The van der Waals surface area contributed by atoms with Crippen LogP contribution < -0.4 is 5.43 Å². The molecule has 0 aliphatic rings. The highest BCUT2D eigenvalue weighted by molar-refractivity contribution is 5.98. The van der Waals surface area contributed by atoms with Crippen molar-refractivity contribution in [2.45, 2.75) is 13.8 Å². The molecule has 1 aromatic heterocycles. The first-order valence-electron chi connectivity index (χ1n) is 8.38. The van der Waals surface area contributed by atoms with Crippen molar-refractivity contribution >= 4 is 18.1 Å². The van der Waals surface area contributed by atoms with Crippen molar-refractivity contribution in [2.24, 2.45) is 5.10 Å². The third-order valence-corrected chi connectivity index (χ3v) is 4.18. The van der Waals surface area contributed by atoms with Gasteiger partial charge in [0.25, 0.3) is 5.91 Å². The number of aromatic carboxylic acids is 1. The number of carbonyl (C=O) groups is 2. The van der Waals surface area contributed by atoms with Gasteiger partial charge in [-0.2, -0.15) is 5.10 Å². The lowest BCUT2D eigenvalue weighted by molar-refractivity contribution is 0.0696. The molecule has 0 atom stereocenters. The molecule has 27 heavy (non-hydrogen) atoms. The summed E-state index contributed by atoms with van der Waals surface area (Å²) in [6.07, 6.45) is 1.55. The van der Waals surface area contributed by atoms with E-state index < -0.39 is 11.9 Å².